The van der Waals surface area contributed by atoms with Crippen molar-refractivity contribution in [1.82, 2.24) is 34.9 Å². The zero-order valence-electron chi connectivity index (χ0n) is 28.7. The molecule has 4 aromatic rings. The van der Waals surface area contributed by atoms with Crippen LogP contribution in [0.15, 0.2) is 84.6 Å². The van der Waals surface area contributed by atoms with Gasteiger partial charge in [0.2, 0.25) is 0 Å². The predicted octanol–water partition coefficient (Wildman–Crippen LogP) is 7.80. The summed E-state index contributed by atoms with van der Waals surface area (Å²) in [5.74, 6) is 0.999. The topological polar surface area (TPSA) is 105 Å². The third kappa shape index (κ3) is 7.84. The van der Waals surface area contributed by atoms with Gasteiger partial charge in [0.1, 0.15) is 0 Å². The molecule has 0 saturated heterocycles. The summed E-state index contributed by atoms with van der Waals surface area (Å²) in [5.41, 5.74) is 8.21. The molecule has 0 N–H and O–H groups in total. The molecule has 6 bridgehead atoms. The van der Waals surface area contributed by atoms with Gasteiger partial charge in [0.25, 0.3) is 0 Å². The number of benzene rings is 1. The van der Waals surface area contributed by atoms with Gasteiger partial charge in [-0.2, -0.15) is 0 Å². The van der Waals surface area contributed by atoms with Gasteiger partial charge in [-0.1, -0.05) is 106 Å². The summed E-state index contributed by atoms with van der Waals surface area (Å²) in [6.07, 6.45) is 29.1. The van der Waals surface area contributed by atoms with Crippen LogP contribution in [0.2, 0.25) is 0 Å². The predicted molar refractivity (Wildman–Crippen MR) is 200 cm³/mol. The monoisotopic (exact) mass is 695 g/mol. The Hall–Kier alpha value is -5.42. The number of fused-ring (bicyclic) bond motifs is 10. The molecule has 1 aromatic carbocycles. The zero-order valence-corrected chi connectivity index (χ0v) is 29.7. The molecule has 9 heteroatoms. The van der Waals surface area contributed by atoms with Gasteiger partial charge in [-0.15, -0.1) is 12.8 Å². The van der Waals surface area contributed by atoms with Gasteiger partial charge in [0, 0.05) is 46.2 Å². The molecule has 6 rings (SSSR count). The summed E-state index contributed by atoms with van der Waals surface area (Å²) in [6, 6.07) is 7.93. The summed E-state index contributed by atoms with van der Waals surface area (Å²) in [5, 5.41) is 1.70. The van der Waals surface area contributed by atoms with E-state index in [0.29, 0.717) is 52.6 Å². The van der Waals surface area contributed by atoms with Crippen LogP contribution in [0.3, 0.4) is 0 Å². The Labute approximate surface area is 298 Å². The summed E-state index contributed by atoms with van der Waals surface area (Å²) in [6.45, 7) is 14.1. The number of aryl methyl sites for hydroxylation is 1. The van der Waals surface area contributed by atoms with Crippen molar-refractivity contribution in [2.75, 3.05) is 7.05 Å². The molecule has 0 fully saturated rings. The average molecular weight is 696 g/mol. The van der Waals surface area contributed by atoms with Crippen LogP contribution in [0, 0.1) is 12.8 Å². The molecule has 251 valence electrons. The van der Waals surface area contributed by atoms with E-state index in [4.69, 9.17) is 34.9 Å². The van der Waals surface area contributed by atoms with E-state index < -0.39 is 0 Å². The summed E-state index contributed by atoms with van der Waals surface area (Å²) in [7, 11) is 1.74. The van der Waals surface area contributed by atoms with Gasteiger partial charge in [-0.3, -0.25) is 4.99 Å². The van der Waals surface area contributed by atoms with E-state index in [1.54, 1.807) is 13.1 Å². The van der Waals surface area contributed by atoms with Crippen molar-refractivity contribution in [2.24, 2.45) is 4.99 Å². The van der Waals surface area contributed by atoms with Crippen LogP contribution in [0.5, 0.6) is 0 Å². The molecular formula is C40H40CuN8. The van der Waals surface area contributed by atoms with E-state index in [0.717, 1.165) is 44.2 Å². The fourth-order valence-corrected chi connectivity index (χ4v) is 5.46. The van der Waals surface area contributed by atoms with Crippen LogP contribution in [-0.4, -0.2) is 32.0 Å². The third-order valence-corrected chi connectivity index (χ3v) is 7.51. The Morgan fingerprint density at radius 2 is 1.57 bits per heavy atom. The second-order valence-corrected chi connectivity index (χ2v) is 10.2. The first-order chi connectivity index (χ1) is 23.6. The van der Waals surface area contributed by atoms with Crippen LogP contribution in [0.1, 0.15) is 68.5 Å². The maximum atomic E-state index is 5.02. The average Bonchev–Trinajstić information content (AvgIpc) is 3.65. The Morgan fingerprint density at radius 3 is 2.27 bits per heavy atom. The van der Waals surface area contributed by atoms with Gasteiger partial charge >= 0.3 is 17.1 Å². The Morgan fingerprint density at radius 1 is 0.878 bits per heavy atom. The Kier molecular flexibility index (Phi) is 14.1. The van der Waals surface area contributed by atoms with Crippen molar-refractivity contribution in [1.29, 1.82) is 0 Å². The maximum absolute atomic E-state index is 5.02. The molecule has 49 heavy (non-hydrogen) atoms. The molecule has 3 aromatic heterocycles. The smallest absolute Gasteiger partial charge is 0.368 e. The molecule has 0 spiro atoms. The Bertz CT molecular complexity index is 2240. The zero-order chi connectivity index (χ0) is 34.6. The minimum Gasteiger partial charge on any atom is -0.368 e. The molecule has 0 atom stereocenters. The SMILES string of the molecule is C#C.C=CC1=C(/C=C\C)c2nc1nc1[n-]c(nc(=NC)c3ccccc3cnc3[n-]c(n2)c2c3C=CC=CC2)c(CC)c1/C=C\C.CC.[Cu+2]. The molecule has 1 aliphatic carbocycles. The molecule has 1 radical (unpaired) electrons. The number of hydrogen-bond acceptors (Lipinski definition) is 6. The summed E-state index contributed by atoms with van der Waals surface area (Å²) < 4.78 is 0. The van der Waals surface area contributed by atoms with Crippen LogP contribution in [0.4, 0.5) is 0 Å². The van der Waals surface area contributed by atoms with E-state index in [-0.39, 0.29) is 17.1 Å². The van der Waals surface area contributed by atoms with Gasteiger partial charge in [0.15, 0.2) is 0 Å². The minimum absolute atomic E-state index is 0. The number of rotatable bonds is 4. The fourth-order valence-electron chi connectivity index (χ4n) is 5.46. The van der Waals surface area contributed by atoms with Gasteiger partial charge in [-0.05, 0) is 60.5 Å². The summed E-state index contributed by atoms with van der Waals surface area (Å²) in [4.78, 5) is 39.2. The van der Waals surface area contributed by atoms with Crippen molar-refractivity contribution < 1.29 is 17.1 Å². The molecule has 2 aliphatic rings. The second kappa shape index (κ2) is 18.2. The molecule has 0 saturated carbocycles. The largest absolute Gasteiger partial charge is 2.00 e. The molecule has 4 heterocycles. The van der Waals surface area contributed by atoms with Crippen LogP contribution in [-0.2, 0) is 29.9 Å². The number of allylic oxidation sites excluding steroid dienone is 9. The maximum Gasteiger partial charge on any atom is 2.00 e. The summed E-state index contributed by atoms with van der Waals surface area (Å²) >= 11 is 0. The van der Waals surface area contributed by atoms with Crippen molar-refractivity contribution in [3.05, 3.63) is 119 Å². The molecule has 1 aliphatic heterocycles. The molecule has 0 unspecified atom stereocenters. The van der Waals surface area contributed by atoms with Gasteiger partial charge in [-0.25, -0.2) is 4.98 Å². The third-order valence-electron chi connectivity index (χ3n) is 7.51. The van der Waals surface area contributed by atoms with Gasteiger partial charge in [0.05, 0.1) is 17.1 Å². The quantitative estimate of drug-likeness (QED) is 0.159. The van der Waals surface area contributed by atoms with E-state index in [1.807, 2.05) is 101 Å². The van der Waals surface area contributed by atoms with Crippen molar-refractivity contribution in [3.8, 4) is 12.8 Å². The molecule has 0 amide bonds. The standard InChI is InChI=1S/C36H32N8.C2H6.C2H2.Cu/c1-6-15-26-23(8-3)32-39-30(37-5)25-18-14-13-17-22(25)21-38-31-28-19-11-10-12-20-29(28)36(40-31)44-35-27(16-7-2)24(9-4)33(43-35)42-34(26)41-32;2*1-2;/h6-7,9-19,21H,4,8,20H2,1-3,5H3;1-2H3;1-2H;/q-2;;;+2/b15-6-,16-7-;;;. The Balaban J connectivity index is 0.00000125. The number of hydrogen-bond donors (Lipinski definition) is 0. The molecular weight excluding hydrogens is 656 g/mol. The minimum atomic E-state index is 0. The normalized spacial score (nSPS) is 12.9. The van der Waals surface area contributed by atoms with Crippen LogP contribution in [0.25, 0.3) is 56.7 Å². The van der Waals surface area contributed by atoms with Gasteiger partial charge < -0.3 is 29.9 Å². The van der Waals surface area contributed by atoms with E-state index in [2.05, 4.69) is 37.4 Å². The van der Waals surface area contributed by atoms with Crippen molar-refractivity contribution in [2.45, 2.75) is 47.5 Å². The number of terminal acetylenes is 1. The van der Waals surface area contributed by atoms with E-state index >= 15 is 0 Å². The first kappa shape index (κ1) is 38.0. The number of aromatic nitrogens is 7. The van der Waals surface area contributed by atoms with Crippen LogP contribution >= 0.6 is 0 Å². The molecule has 8 nitrogen and oxygen atoms in total. The second-order valence-electron chi connectivity index (χ2n) is 10.2. The van der Waals surface area contributed by atoms with Crippen molar-refractivity contribution in [3.63, 3.8) is 0 Å². The first-order valence-electron chi connectivity index (χ1n) is 16.0. The first-order valence-corrected chi connectivity index (χ1v) is 16.0. The van der Waals surface area contributed by atoms with E-state index in [1.165, 1.54) is 0 Å². The van der Waals surface area contributed by atoms with Crippen LogP contribution < -0.4 is 15.5 Å². The van der Waals surface area contributed by atoms with Crippen molar-refractivity contribution >= 4 is 56.7 Å². The van der Waals surface area contributed by atoms with E-state index in [9.17, 15) is 0 Å². The number of nitrogens with zero attached hydrogens (tertiary/aromatic N) is 8. The fraction of sp³-hybridized carbons (Fsp3) is 0.200.